The number of hydrogen-bond donors (Lipinski definition) is 2. The number of nitrogens with one attached hydrogen (secondary N) is 2. The molecule has 0 saturated heterocycles. The van der Waals surface area contributed by atoms with E-state index < -0.39 is 10.0 Å². The Kier molecular flexibility index (Phi) is 6.65. The molecule has 0 aliphatic heterocycles. The summed E-state index contributed by atoms with van der Waals surface area (Å²) in [6.07, 6.45) is 0. The van der Waals surface area contributed by atoms with Crippen LogP contribution in [0.1, 0.15) is 38.8 Å². The lowest BCUT2D eigenvalue weighted by Gasteiger charge is -2.11. The molecule has 0 saturated carbocycles. The van der Waals surface area contributed by atoms with Crippen molar-refractivity contribution in [2.75, 3.05) is 6.54 Å². The van der Waals surface area contributed by atoms with Crippen molar-refractivity contribution >= 4 is 10.0 Å². The zero-order valence-electron chi connectivity index (χ0n) is 12.8. The zero-order valence-corrected chi connectivity index (χ0v) is 13.6. The van der Waals surface area contributed by atoms with E-state index in [2.05, 4.69) is 23.9 Å². The maximum Gasteiger partial charge on any atom is 0.215 e. The molecule has 1 aromatic carbocycles. The van der Waals surface area contributed by atoms with Gasteiger partial charge in [0.25, 0.3) is 0 Å². The van der Waals surface area contributed by atoms with Crippen molar-refractivity contribution in [1.29, 1.82) is 0 Å². The minimum atomic E-state index is -3.25. The van der Waals surface area contributed by atoms with Crippen molar-refractivity contribution in [3.8, 4) is 0 Å². The molecule has 0 radical (unpaired) electrons. The normalized spacial score (nSPS) is 12.3. The van der Waals surface area contributed by atoms with Crippen LogP contribution in [0.3, 0.4) is 0 Å². The van der Waals surface area contributed by atoms with Crippen LogP contribution in [0.5, 0.6) is 0 Å². The molecule has 2 N–H and O–H groups in total. The molecule has 114 valence electrons. The molecule has 0 spiro atoms. The maximum atomic E-state index is 12.0. The lowest BCUT2D eigenvalue weighted by molar-refractivity contribution is 0.559. The summed E-state index contributed by atoms with van der Waals surface area (Å²) < 4.78 is 26.5. The first kappa shape index (κ1) is 17.1. The number of sulfonamides is 1. The fraction of sp³-hybridized carbons (Fsp3) is 0.600. The highest BCUT2D eigenvalue weighted by Gasteiger charge is 2.12. The van der Waals surface area contributed by atoms with Crippen LogP contribution in [0.4, 0.5) is 0 Å². The Labute approximate surface area is 123 Å². The van der Waals surface area contributed by atoms with Crippen molar-refractivity contribution in [3.63, 3.8) is 0 Å². The molecule has 0 amide bonds. The van der Waals surface area contributed by atoms with Crippen LogP contribution in [-0.2, 0) is 22.3 Å². The highest BCUT2D eigenvalue weighted by molar-refractivity contribution is 7.88. The molecule has 0 fully saturated rings. The van der Waals surface area contributed by atoms with Gasteiger partial charge in [-0.1, -0.05) is 52.0 Å². The minimum absolute atomic E-state index is 0.0369. The first-order valence-corrected chi connectivity index (χ1v) is 8.72. The van der Waals surface area contributed by atoms with Gasteiger partial charge in [-0.3, -0.25) is 0 Å². The fourth-order valence-corrected chi connectivity index (χ4v) is 3.02. The molecule has 1 rings (SSSR count). The van der Waals surface area contributed by atoms with Crippen molar-refractivity contribution in [3.05, 3.63) is 35.4 Å². The maximum absolute atomic E-state index is 12.0. The molecule has 0 unspecified atom stereocenters. The highest BCUT2D eigenvalue weighted by Crippen LogP contribution is 2.09. The topological polar surface area (TPSA) is 58.2 Å². The number of rotatable bonds is 8. The molecule has 1 aromatic rings. The van der Waals surface area contributed by atoms with Gasteiger partial charge in [0.05, 0.1) is 5.75 Å². The van der Waals surface area contributed by atoms with E-state index in [-0.39, 0.29) is 5.75 Å². The van der Waals surface area contributed by atoms with E-state index >= 15 is 0 Å². The van der Waals surface area contributed by atoms with E-state index in [0.717, 1.165) is 17.7 Å². The summed E-state index contributed by atoms with van der Waals surface area (Å²) in [5.74, 6) is 0.348. The number of hydrogen-bond acceptors (Lipinski definition) is 3. The molecule has 0 bridgehead atoms. The van der Waals surface area contributed by atoms with Crippen molar-refractivity contribution in [2.45, 2.75) is 46.0 Å². The van der Waals surface area contributed by atoms with Crippen molar-refractivity contribution in [1.82, 2.24) is 10.0 Å². The summed E-state index contributed by atoms with van der Waals surface area (Å²) in [6.45, 7) is 9.39. The average molecular weight is 298 g/mol. The van der Waals surface area contributed by atoms with E-state index in [1.807, 2.05) is 38.1 Å². The van der Waals surface area contributed by atoms with Crippen molar-refractivity contribution < 1.29 is 8.42 Å². The van der Waals surface area contributed by atoms with Crippen LogP contribution in [-0.4, -0.2) is 21.0 Å². The van der Waals surface area contributed by atoms with Gasteiger partial charge in [-0.05, 0) is 17.0 Å². The lowest BCUT2D eigenvalue weighted by Crippen LogP contribution is -2.28. The third-order valence-corrected chi connectivity index (χ3v) is 4.09. The van der Waals surface area contributed by atoms with Crippen LogP contribution < -0.4 is 10.0 Å². The molecule has 0 aromatic heterocycles. The second-order valence-electron chi connectivity index (χ2n) is 5.86. The summed E-state index contributed by atoms with van der Waals surface area (Å²) in [7, 11) is -3.25. The van der Waals surface area contributed by atoms with E-state index in [0.29, 0.717) is 18.5 Å². The largest absolute Gasteiger partial charge is 0.310 e. The van der Waals surface area contributed by atoms with E-state index in [1.54, 1.807) is 0 Å². The monoisotopic (exact) mass is 298 g/mol. The molecule has 20 heavy (non-hydrogen) atoms. The van der Waals surface area contributed by atoms with Gasteiger partial charge in [0.15, 0.2) is 0 Å². The van der Waals surface area contributed by atoms with E-state index in [4.69, 9.17) is 0 Å². The first-order chi connectivity index (χ1) is 9.28. The summed E-state index contributed by atoms with van der Waals surface area (Å²) >= 11 is 0. The Balaban J connectivity index is 2.65. The quantitative estimate of drug-likeness (QED) is 0.774. The van der Waals surface area contributed by atoms with Crippen LogP contribution in [0, 0.1) is 5.92 Å². The second kappa shape index (κ2) is 7.76. The molecule has 0 heterocycles. The van der Waals surface area contributed by atoms with Gasteiger partial charge in [-0.25, -0.2) is 13.1 Å². The molecule has 0 aliphatic carbocycles. The fourth-order valence-electron chi connectivity index (χ4n) is 1.72. The summed E-state index contributed by atoms with van der Waals surface area (Å²) in [5.41, 5.74) is 1.93. The third-order valence-electron chi connectivity index (χ3n) is 2.77. The Morgan fingerprint density at radius 3 is 2.35 bits per heavy atom. The highest BCUT2D eigenvalue weighted by atomic mass is 32.2. The molecular weight excluding hydrogens is 272 g/mol. The standard InChI is InChI=1S/C15H26N2O2S/c1-12(2)9-17-20(18,19)11-15-7-5-6-14(8-15)10-16-13(3)4/h5-8,12-13,16-17H,9-11H2,1-4H3. The smallest absolute Gasteiger partial charge is 0.215 e. The van der Waals surface area contributed by atoms with Gasteiger partial charge in [-0.15, -0.1) is 0 Å². The van der Waals surface area contributed by atoms with Gasteiger partial charge < -0.3 is 5.32 Å². The van der Waals surface area contributed by atoms with E-state index in [1.165, 1.54) is 0 Å². The molecule has 5 heteroatoms. The van der Waals surface area contributed by atoms with Crippen LogP contribution in [0.15, 0.2) is 24.3 Å². The molecular formula is C15H26N2O2S. The predicted molar refractivity (Wildman–Crippen MR) is 83.9 cm³/mol. The Morgan fingerprint density at radius 1 is 1.10 bits per heavy atom. The molecule has 0 aliphatic rings. The van der Waals surface area contributed by atoms with E-state index in [9.17, 15) is 8.42 Å². The molecule has 0 atom stereocenters. The van der Waals surface area contributed by atoms with Crippen LogP contribution >= 0.6 is 0 Å². The Morgan fingerprint density at radius 2 is 1.75 bits per heavy atom. The Bertz CT molecular complexity index is 510. The Hall–Kier alpha value is -0.910. The van der Waals surface area contributed by atoms with Crippen molar-refractivity contribution in [2.24, 2.45) is 5.92 Å². The zero-order chi connectivity index (χ0) is 15.2. The minimum Gasteiger partial charge on any atom is -0.310 e. The second-order valence-corrected chi connectivity index (χ2v) is 7.66. The molecule has 4 nitrogen and oxygen atoms in total. The van der Waals surface area contributed by atoms with Gasteiger partial charge in [0, 0.05) is 19.1 Å². The summed E-state index contributed by atoms with van der Waals surface area (Å²) in [5, 5.41) is 3.33. The lowest BCUT2D eigenvalue weighted by atomic mass is 10.1. The third kappa shape index (κ3) is 7.03. The van der Waals surface area contributed by atoms with Gasteiger partial charge in [-0.2, -0.15) is 0 Å². The van der Waals surface area contributed by atoms with Crippen LogP contribution in [0.25, 0.3) is 0 Å². The number of benzene rings is 1. The van der Waals surface area contributed by atoms with Gasteiger partial charge >= 0.3 is 0 Å². The average Bonchev–Trinajstić information content (AvgIpc) is 2.34. The predicted octanol–water partition coefficient (Wildman–Crippen LogP) is 2.26. The summed E-state index contributed by atoms with van der Waals surface area (Å²) in [4.78, 5) is 0. The SMILES string of the molecule is CC(C)CNS(=O)(=O)Cc1cccc(CNC(C)C)c1. The first-order valence-electron chi connectivity index (χ1n) is 7.07. The van der Waals surface area contributed by atoms with Crippen LogP contribution in [0.2, 0.25) is 0 Å². The van der Waals surface area contributed by atoms with Gasteiger partial charge in [0.1, 0.15) is 0 Å². The summed E-state index contributed by atoms with van der Waals surface area (Å²) in [6, 6.07) is 8.13. The van der Waals surface area contributed by atoms with Gasteiger partial charge in [0.2, 0.25) is 10.0 Å².